The lowest BCUT2D eigenvalue weighted by atomic mass is 10.9. The minimum Gasteiger partial charge on any atom is -0.471 e. The predicted molar refractivity (Wildman–Crippen MR) is 41.6 cm³/mol. The zero-order valence-electron chi connectivity index (χ0n) is 4.38. The fraction of sp³-hybridized carbons (Fsp3) is 0.667. The lowest BCUT2D eigenvalue weighted by Gasteiger charge is -1.99. The first-order valence-corrected chi connectivity index (χ1v) is 4.38. The largest absolute Gasteiger partial charge is 0.471 e. The average Bonchev–Trinajstić information content (AvgIpc) is 1.68. The third-order valence-electron chi connectivity index (χ3n) is 0.412. The van der Waals surface area contributed by atoms with E-state index < -0.39 is 0 Å². The van der Waals surface area contributed by atoms with E-state index in [-0.39, 0.29) is 0 Å². The number of hydrogen-bond acceptors (Lipinski definition) is 3. The van der Waals surface area contributed by atoms with Gasteiger partial charge < -0.3 is 4.74 Å². The Balaban J connectivity index is 3.18. The normalized spacial score (nSPS) is 8.62. The summed E-state index contributed by atoms with van der Waals surface area (Å²) in [5.74, 6) is 0. The van der Waals surface area contributed by atoms with Crippen LogP contribution in [0, 0.1) is 0 Å². The minimum atomic E-state index is 0.379. The summed E-state index contributed by atoms with van der Waals surface area (Å²) in [6, 6.07) is 0. The second-order valence-corrected chi connectivity index (χ2v) is 2.25. The lowest BCUT2D eigenvalue weighted by molar-refractivity contribution is 0.328. The number of hydrogen-bond donors (Lipinski definition) is 1. The van der Waals surface area contributed by atoms with Gasteiger partial charge in [-0.25, -0.2) is 0 Å². The first-order chi connectivity index (χ1) is 3.81. The molecule has 2 nitrogen and oxygen atoms in total. The molecule has 0 unspecified atom stereocenters. The van der Waals surface area contributed by atoms with Crippen LogP contribution in [-0.2, 0) is 16.5 Å². The van der Waals surface area contributed by atoms with Crippen molar-refractivity contribution in [2.75, 3.05) is 6.61 Å². The van der Waals surface area contributed by atoms with Crippen molar-refractivity contribution in [2.24, 2.45) is 0 Å². The topological polar surface area (TPSA) is 21.3 Å². The van der Waals surface area contributed by atoms with E-state index in [9.17, 15) is 0 Å². The van der Waals surface area contributed by atoms with Gasteiger partial charge in [0.1, 0.15) is 0 Å². The summed E-state index contributed by atoms with van der Waals surface area (Å²) in [4.78, 5) is 0. The van der Waals surface area contributed by atoms with E-state index in [0.29, 0.717) is 19.3 Å². The molecule has 0 bridgehead atoms. The molecule has 0 aromatic rings. The Morgan fingerprint density at radius 2 is 2.50 bits per heavy atom. The second kappa shape index (κ2) is 5.35. The van der Waals surface area contributed by atoms with Gasteiger partial charge in [-0.3, -0.25) is 5.09 Å². The molecule has 0 radical (unpaired) electrons. The van der Waals surface area contributed by atoms with Crippen LogP contribution < -0.4 is 5.09 Å². The molecule has 0 spiro atoms. The second-order valence-electron chi connectivity index (χ2n) is 0.924. The van der Waals surface area contributed by atoms with Crippen molar-refractivity contribution in [2.45, 2.75) is 6.92 Å². The third kappa shape index (κ3) is 4.37. The van der Waals surface area contributed by atoms with E-state index in [2.05, 4.69) is 29.1 Å². The Hall–Kier alpha value is 0.210. The van der Waals surface area contributed by atoms with E-state index in [4.69, 9.17) is 4.74 Å². The highest BCUT2D eigenvalue weighted by Gasteiger charge is 1.86. The van der Waals surface area contributed by atoms with Gasteiger partial charge in [-0.05, 0) is 30.9 Å². The molecule has 0 aliphatic carbocycles. The van der Waals surface area contributed by atoms with Crippen molar-refractivity contribution in [3.05, 3.63) is 0 Å². The molecule has 0 saturated carbocycles. The summed E-state index contributed by atoms with van der Waals surface area (Å²) in [7, 11) is 0.616. The van der Waals surface area contributed by atoms with Crippen LogP contribution in [0.2, 0.25) is 0 Å². The van der Waals surface area contributed by atoms with Crippen LogP contribution in [0.4, 0.5) is 0 Å². The maximum Gasteiger partial charge on any atom is 0.264 e. The number of rotatable bonds is 2. The van der Waals surface area contributed by atoms with E-state index in [1.807, 2.05) is 6.92 Å². The molecule has 0 saturated heterocycles. The van der Waals surface area contributed by atoms with E-state index >= 15 is 0 Å². The van der Waals surface area contributed by atoms with Crippen molar-refractivity contribution >= 4 is 36.7 Å². The zero-order chi connectivity index (χ0) is 6.41. The molecular formula is C3H6NOPS2. The Bertz CT molecular complexity index is 97.3. The molecule has 0 heterocycles. The molecule has 5 heteroatoms. The van der Waals surface area contributed by atoms with E-state index in [1.54, 1.807) is 0 Å². The Labute approximate surface area is 60.5 Å². The van der Waals surface area contributed by atoms with Crippen LogP contribution in [0.1, 0.15) is 6.92 Å². The SMILES string of the molecule is CCOC(=S)NP=S. The molecule has 1 N–H and O–H groups in total. The van der Waals surface area contributed by atoms with Gasteiger partial charge in [-0.1, -0.05) is 0 Å². The number of nitrogens with one attached hydrogen (secondary N) is 1. The Morgan fingerprint density at radius 1 is 1.88 bits per heavy atom. The van der Waals surface area contributed by atoms with E-state index in [1.165, 1.54) is 0 Å². The fourth-order valence-corrected chi connectivity index (χ4v) is 1.02. The summed E-state index contributed by atoms with van der Waals surface area (Å²) in [6.45, 7) is 2.46. The lowest BCUT2D eigenvalue weighted by Crippen LogP contribution is -2.13. The Kier molecular flexibility index (Phi) is 5.49. The van der Waals surface area contributed by atoms with Gasteiger partial charge in [0.2, 0.25) is 0 Å². The summed E-state index contributed by atoms with van der Waals surface area (Å²) < 4.78 is 4.83. The summed E-state index contributed by atoms with van der Waals surface area (Å²) in [5, 5.41) is 3.02. The molecule has 46 valence electrons. The van der Waals surface area contributed by atoms with Crippen molar-refractivity contribution in [1.29, 1.82) is 0 Å². The summed E-state index contributed by atoms with van der Waals surface area (Å²) in [5.41, 5.74) is 0. The number of thiocarbonyl (C=S) groups is 1. The number of ether oxygens (including phenoxy) is 1. The van der Waals surface area contributed by atoms with Gasteiger partial charge in [-0.2, -0.15) is 0 Å². The van der Waals surface area contributed by atoms with Crippen LogP contribution >= 0.6 is 19.7 Å². The summed E-state index contributed by atoms with van der Waals surface area (Å²) >= 11 is 9.18. The molecule has 0 aromatic heterocycles. The highest BCUT2D eigenvalue weighted by atomic mass is 32.4. The van der Waals surface area contributed by atoms with Crippen molar-refractivity contribution in [3.63, 3.8) is 0 Å². The van der Waals surface area contributed by atoms with Crippen LogP contribution in [0.25, 0.3) is 0 Å². The molecule has 0 fully saturated rings. The highest BCUT2D eigenvalue weighted by molar-refractivity contribution is 7.96. The van der Waals surface area contributed by atoms with Crippen LogP contribution in [-0.4, -0.2) is 11.8 Å². The van der Waals surface area contributed by atoms with Gasteiger partial charge in [0, 0.05) is 0 Å². The molecule has 0 aliphatic rings. The predicted octanol–water partition coefficient (Wildman–Crippen LogP) is 1.22. The first kappa shape index (κ1) is 8.21. The van der Waals surface area contributed by atoms with Gasteiger partial charge >= 0.3 is 0 Å². The zero-order valence-corrected chi connectivity index (χ0v) is 6.91. The van der Waals surface area contributed by atoms with Gasteiger partial charge in [0.05, 0.1) is 14.1 Å². The van der Waals surface area contributed by atoms with Crippen molar-refractivity contribution < 1.29 is 4.74 Å². The molecule has 0 aromatic carbocycles. The Morgan fingerprint density at radius 3 is 2.88 bits per heavy atom. The smallest absolute Gasteiger partial charge is 0.264 e. The molecular weight excluding hydrogens is 161 g/mol. The standard InChI is InChI=1S/C3H6NOPS2/c1-2-5-3(7)4-6-8/h2H2,1H3,(H,4,7,8). The molecule has 8 heavy (non-hydrogen) atoms. The van der Waals surface area contributed by atoms with Crippen molar-refractivity contribution in [1.82, 2.24) is 5.09 Å². The average molecular weight is 167 g/mol. The van der Waals surface area contributed by atoms with Gasteiger partial charge in [-0.15, -0.1) is 0 Å². The van der Waals surface area contributed by atoms with Crippen LogP contribution in [0.3, 0.4) is 0 Å². The minimum absolute atomic E-state index is 0.379. The quantitative estimate of drug-likeness (QED) is 0.493. The fourth-order valence-electron chi connectivity index (χ4n) is 0.201. The van der Waals surface area contributed by atoms with Crippen molar-refractivity contribution in [3.8, 4) is 0 Å². The monoisotopic (exact) mass is 167 g/mol. The van der Waals surface area contributed by atoms with Gasteiger partial charge in [0.25, 0.3) is 5.17 Å². The molecule has 0 rings (SSSR count). The molecule has 0 atom stereocenters. The maximum atomic E-state index is 4.83. The molecule has 0 aliphatic heterocycles. The van der Waals surface area contributed by atoms with Crippen LogP contribution in [0.15, 0.2) is 0 Å². The molecule has 0 amide bonds. The maximum absolute atomic E-state index is 4.83. The van der Waals surface area contributed by atoms with Crippen LogP contribution in [0.5, 0.6) is 0 Å². The summed E-state index contributed by atoms with van der Waals surface area (Å²) in [6.07, 6.45) is 0. The van der Waals surface area contributed by atoms with E-state index in [0.717, 1.165) is 0 Å². The first-order valence-electron chi connectivity index (χ1n) is 2.06. The highest BCUT2D eigenvalue weighted by Crippen LogP contribution is 1.84. The third-order valence-corrected chi connectivity index (χ3v) is 1.35. The van der Waals surface area contributed by atoms with Gasteiger partial charge in [0.15, 0.2) is 0 Å².